The van der Waals surface area contributed by atoms with Gasteiger partial charge in [-0.25, -0.2) is 4.79 Å². The molecule has 0 bridgehead atoms. The number of aryl methyl sites for hydroxylation is 1. The van der Waals surface area contributed by atoms with Gasteiger partial charge in [0.2, 0.25) is 0 Å². The fourth-order valence-corrected chi connectivity index (χ4v) is 2.38. The molecule has 0 aliphatic rings. The fourth-order valence-electron chi connectivity index (χ4n) is 2.38. The summed E-state index contributed by atoms with van der Waals surface area (Å²) in [4.78, 5) is 35.5. The molecule has 0 heterocycles. The second kappa shape index (κ2) is 11.5. The van der Waals surface area contributed by atoms with Crippen LogP contribution in [0.5, 0.6) is 11.5 Å². The molecule has 2 rings (SSSR count). The van der Waals surface area contributed by atoms with Gasteiger partial charge in [0, 0.05) is 0 Å². The molecule has 0 saturated carbocycles. The zero-order valence-corrected chi connectivity index (χ0v) is 17.3. The SMILES string of the molecule is CCOC(=O)c1ccc(OCC(=O)NNC(=O)C(C)Oc2ccc(CC)cc2)cc1. The van der Waals surface area contributed by atoms with Gasteiger partial charge in [0.25, 0.3) is 11.8 Å². The largest absolute Gasteiger partial charge is 0.484 e. The van der Waals surface area contributed by atoms with E-state index >= 15 is 0 Å². The van der Waals surface area contributed by atoms with Crippen molar-refractivity contribution in [2.24, 2.45) is 0 Å². The van der Waals surface area contributed by atoms with Gasteiger partial charge in [-0.15, -0.1) is 0 Å². The van der Waals surface area contributed by atoms with Crippen LogP contribution in [-0.2, 0) is 20.7 Å². The molecule has 0 aliphatic carbocycles. The molecule has 8 heteroatoms. The Morgan fingerprint density at radius 3 is 2.13 bits per heavy atom. The maximum Gasteiger partial charge on any atom is 0.338 e. The minimum atomic E-state index is -0.797. The maximum absolute atomic E-state index is 12.1. The number of rotatable bonds is 9. The number of ether oxygens (including phenoxy) is 3. The van der Waals surface area contributed by atoms with Gasteiger partial charge in [0.05, 0.1) is 12.2 Å². The molecule has 0 radical (unpaired) electrons. The minimum Gasteiger partial charge on any atom is -0.484 e. The number of esters is 1. The number of amides is 2. The second-order valence-electron chi connectivity index (χ2n) is 6.33. The molecule has 0 fully saturated rings. The lowest BCUT2D eigenvalue weighted by atomic mass is 10.2. The molecule has 2 amide bonds. The van der Waals surface area contributed by atoms with E-state index in [0.29, 0.717) is 17.1 Å². The monoisotopic (exact) mass is 414 g/mol. The van der Waals surface area contributed by atoms with Gasteiger partial charge in [0.1, 0.15) is 11.5 Å². The highest BCUT2D eigenvalue weighted by Gasteiger charge is 2.15. The molecule has 0 spiro atoms. The van der Waals surface area contributed by atoms with Crippen LogP contribution in [0.4, 0.5) is 0 Å². The predicted octanol–water partition coefficient (Wildman–Crippen LogP) is 2.42. The van der Waals surface area contributed by atoms with Crippen LogP contribution in [0.2, 0.25) is 0 Å². The van der Waals surface area contributed by atoms with Crippen LogP contribution in [0.1, 0.15) is 36.7 Å². The predicted molar refractivity (Wildman–Crippen MR) is 110 cm³/mol. The average molecular weight is 414 g/mol. The van der Waals surface area contributed by atoms with Crippen molar-refractivity contribution in [3.05, 3.63) is 59.7 Å². The van der Waals surface area contributed by atoms with Gasteiger partial charge in [-0.2, -0.15) is 0 Å². The van der Waals surface area contributed by atoms with Gasteiger partial charge >= 0.3 is 5.97 Å². The van der Waals surface area contributed by atoms with Crippen LogP contribution in [0.15, 0.2) is 48.5 Å². The molecule has 1 atom stereocenters. The van der Waals surface area contributed by atoms with Crippen molar-refractivity contribution >= 4 is 17.8 Å². The van der Waals surface area contributed by atoms with E-state index < -0.39 is 23.9 Å². The van der Waals surface area contributed by atoms with Crippen LogP contribution >= 0.6 is 0 Å². The van der Waals surface area contributed by atoms with Crippen LogP contribution in [0, 0.1) is 0 Å². The molecule has 0 aromatic heterocycles. The highest BCUT2D eigenvalue weighted by molar-refractivity contribution is 5.89. The van der Waals surface area contributed by atoms with E-state index in [1.165, 1.54) is 5.56 Å². The molecule has 2 aromatic rings. The summed E-state index contributed by atoms with van der Waals surface area (Å²) in [5.74, 6) is -0.506. The quantitative estimate of drug-likeness (QED) is 0.483. The maximum atomic E-state index is 12.1. The van der Waals surface area contributed by atoms with Gasteiger partial charge in [-0.3, -0.25) is 20.4 Å². The molecule has 8 nitrogen and oxygen atoms in total. The molecule has 30 heavy (non-hydrogen) atoms. The molecule has 1 unspecified atom stereocenters. The number of carbonyl (C=O) groups excluding carboxylic acids is 3. The average Bonchev–Trinajstić information content (AvgIpc) is 2.77. The minimum absolute atomic E-state index is 0.289. The Hall–Kier alpha value is -3.55. The number of benzene rings is 2. The smallest absolute Gasteiger partial charge is 0.338 e. The van der Waals surface area contributed by atoms with Crippen LogP contribution in [0.25, 0.3) is 0 Å². The van der Waals surface area contributed by atoms with E-state index in [2.05, 4.69) is 17.8 Å². The summed E-state index contributed by atoms with van der Waals surface area (Å²) in [6.45, 7) is 5.33. The van der Waals surface area contributed by atoms with Crippen LogP contribution in [-0.4, -0.2) is 37.1 Å². The van der Waals surface area contributed by atoms with E-state index in [0.717, 1.165) is 6.42 Å². The zero-order chi connectivity index (χ0) is 21.9. The van der Waals surface area contributed by atoms with Crippen molar-refractivity contribution in [1.29, 1.82) is 0 Å². The molecule has 0 saturated heterocycles. The first-order chi connectivity index (χ1) is 14.4. The Morgan fingerprint density at radius 1 is 0.900 bits per heavy atom. The van der Waals surface area contributed by atoms with Crippen molar-refractivity contribution in [3.8, 4) is 11.5 Å². The zero-order valence-electron chi connectivity index (χ0n) is 17.3. The molecular formula is C22H26N2O6. The lowest BCUT2D eigenvalue weighted by Crippen LogP contribution is -2.48. The van der Waals surface area contributed by atoms with E-state index in [1.54, 1.807) is 50.2 Å². The summed E-state index contributed by atoms with van der Waals surface area (Å²) >= 11 is 0. The van der Waals surface area contributed by atoms with E-state index in [-0.39, 0.29) is 13.2 Å². The number of hydrogen-bond acceptors (Lipinski definition) is 6. The third kappa shape index (κ3) is 7.12. The molecule has 2 aromatic carbocycles. The number of hydrazine groups is 1. The molecular weight excluding hydrogens is 388 g/mol. The summed E-state index contributed by atoms with van der Waals surface area (Å²) in [5.41, 5.74) is 6.12. The van der Waals surface area contributed by atoms with Crippen molar-refractivity contribution in [2.45, 2.75) is 33.3 Å². The highest BCUT2D eigenvalue weighted by atomic mass is 16.5. The van der Waals surface area contributed by atoms with E-state index in [1.807, 2.05) is 12.1 Å². The molecule has 2 N–H and O–H groups in total. The van der Waals surface area contributed by atoms with Crippen molar-refractivity contribution in [1.82, 2.24) is 10.9 Å². The number of nitrogens with one attached hydrogen (secondary N) is 2. The van der Waals surface area contributed by atoms with Crippen LogP contribution in [0.3, 0.4) is 0 Å². The lowest BCUT2D eigenvalue weighted by Gasteiger charge is -2.15. The van der Waals surface area contributed by atoms with Crippen LogP contribution < -0.4 is 20.3 Å². The first-order valence-corrected chi connectivity index (χ1v) is 9.67. The molecule has 160 valence electrons. The van der Waals surface area contributed by atoms with Crippen molar-refractivity contribution in [2.75, 3.05) is 13.2 Å². The second-order valence-corrected chi connectivity index (χ2v) is 6.33. The first kappa shape index (κ1) is 22.7. The molecule has 0 aliphatic heterocycles. The highest BCUT2D eigenvalue weighted by Crippen LogP contribution is 2.14. The number of hydrogen-bond donors (Lipinski definition) is 2. The summed E-state index contributed by atoms with van der Waals surface area (Å²) in [7, 11) is 0. The van der Waals surface area contributed by atoms with E-state index in [4.69, 9.17) is 14.2 Å². The van der Waals surface area contributed by atoms with Crippen molar-refractivity contribution in [3.63, 3.8) is 0 Å². The van der Waals surface area contributed by atoms with E-state index in [9.17, 15) is 14.4 Å². The Labute approximate surface area is 175 Å². The van der Waals surface area contributed by atoms with Gasteiger partial charge in [-0.1, -0.05) is 19.1 Å². The lowest BCUT2D eigenvalue weighted by molar-refractivity contribution is -0.133. The standard InChI is InChI=1S/C22H26N2O6/c1-4-16-6-10-19(11-7-16)30-15(3)21(26)24-23-20(25)14-29-18-12-8-17(9-13-18)22(27)28-5-2/h6-13,15H,4-5,14H2,1-3H3,(H,23,25)(H,24,26). The fraction of sp³-hybridized carbons (Fsp3) is 0.318. The first-order valence-electron chi connectivity index (χ1n) is 9.67. The third-order valence-corrected chi connectivity index (χ3v) is 4.07. The summed E-state index contributed by atoms with van der Waals surface area (Å²) in [5, 5.41) is 0. The van der Waals surface area contributed by atoms with Gasteiger partial charge < -0.3 is 14.2 Å². The Kier molecular flexibility index (Phi) is 8.68. The van der Waals surface area contributed by atoms with Gasteiger partial charge in [-0.05, 0) is 62.2 Å². The normalized spacial score (nSPS) is 11.2. The summed E-state index contributed by atoms with van der Waals surface area (Å²) in [6.07, 6.45) is 0.120. The summed E-state index contributed by atoms with van der Waals surface area (Å²) in [6, 6.07) is 13.6. The topological polar surface area (TPSA) is 103 Å². The third-order valence-electron chi connectivity index (χ3n) is 4.07. The van der Waals surface area contributed by atoms with Gasteiger partial charge in [0.15, 0.2) is 12.7 Å². The Balaban J connectivity index is 1.72. The Morgan fingerprint density at radius 2 is 1.53 bits per heavy atom. The van der Waals surface area contributed by atoms with Crippen molar-refractivity contribution < 1.29 is 28.6 Å². The Bertz CT molecular complexity index is 849. The number of carbonyl (C=O) groups is 3. The summed E-state index contributed by atoms with van der Waals surface area (Å²) < 4.78 is 15.8.